The second-order valence-electron chi connectivity index (χ2n) is 6.85. The minimum Gasteiger partial charge on any atom is -0.352 e. The molecule has 0 radical (unpaired) electrons. The molecular weight excluding hydrogens is 401 g/mol. The molecule has 0 saturated carbocycles. The molecule has 152 valence electrons. The maximum atomic E-state index is 13.7. The normalized spacial score (nSPS) is 12.7. The van der Waals surface area contributed by atoms with E-state index in [0.29, 0.717) is 29.1 Å². The zero-order chi connectivity index (χ0) is 20.9. The maximum absolute atomic E-state index is 13.7. The first-order valence-electron chi connectivity index (χ1n) is 9.67. The minimum atomic E-state index is -0.339. The van der Waals surface area contributed by atoms with Gasteiger partial charge in [-0.15, -0.1) is 0 Å². The van der Waals surface area contributed by atoms with Crippen molar-refractivity contribution in [3.8, 4) is 0 Å². The lowest BCUT2D eigenvalue weighted by molar-refractivity contribution is -0.121. The van der Waals surface area contributed by atoms with Gasteiger partial charge in [0.2, 0.25) is 5.91 Å². The van der Waals surface area contributed by atoms with E-state index >= 15 is 0 Å². The molecule has 0 atom stereocenters. The lowest BCUT2D eigenvalue weighted by atomic mass is 10.2. The van der Waals surface area contributed by atoms with Crippen LogP contribution in [0.2, 0.25) is 0 Å². The van der Waals surface area contributed by atoms with Crippen LogP contribution < -0.4 is 10.2 Å². The summed E-state index contributed by atoms with van der Waals surface area (Å²) in [7, 11) is 0. The zero-order valence-corrected chi connectivity index (χ0v) is 17.0. The number of rotatable bonds is 6. The summed E-state index contributed by atoms with van der Waals surface area (Å²) in [5, 5.41) is 3.42. The summed E-state index contributed by atoms with van der Waals surface area (Å²) in [6, 6.07) is 17.6. The third kappa shape index (κ3) is 4.36. The highest BCUT2D eigenvalue weighted by atomic mass is 32.2. The third-order valence-electron chi connectivity index (χ3n) is 4.83. The molecule has 3 aromatic rings. The van der Waals surface area contributed by atoms with Crippen LogP contribution in [0.25, 0.3) is 0 Å². The van der Waals surface area contributed by atoms with Gasteiger partial charge in [-0.2, -0.15) is 0 Å². The van der Waals surface area contributed by atoms with Crippen molar-refractivity contribution in [2.24, 2.45) is 0 Å². The summed E-state index contributed by atoms with van der Waals surface area (Å²) >= 11 is 1.47. The molecule has 0 unspecified atom stereocenters. The minimum absolute atomic E-state index is 0.123. The molecule has 0 fully saturated rings. The summed E-state index contributed by atoms with van der Waals surface area (Å²) in [5.41, 5.74) is 1.82. The Morgan fingerprint density at radius 3 is 2.73 bits per heavy atom. The van der Waals surface area contributed by atoms with Gasteiger partial charge in [-0.3, -0.25) is 9.59 Å². The number of halogens is 1. The summed E-state index contributed by atoms with van der Waals surface area (Å²) in [4.78, 5) is 32.4. The Bertz CT molecular complexity index is 1090. The van der Waals surface area contributed by atoms with Crippen LogP contribution in [0.5, 0.6) is 0 Å². The molecule has 0 bridgehead atoms. The van der Waals surface area contributed by atoms with E-state index in [1.807, 2.05) is 24.3 Å². The fourth-order valence-electron chi connectivity index (χ4n) is 3.30. The number of carbonyl (C=O) groups excluding carboxylic acids is 2. The summed E-state index contributed by atoms with van der Waals surface area (Å²) in [6.45, 7) is 0.546. The molecule has 0 spiro atoms. The Hall–Kier alpha value is -3.19. The average Bonchev–Trinajstić information content (AvgIpc) is 2.88. The van der Waals surface area contributed by atoms with Gasteiger partial charge in [0.25, 0.3) is 5.91 Å². The third-order valence-corrected chi connectivity index (χ3v) is 5.91. The highest BCUT2D eigenvalue weighted by molar-refractivity contribution is 7.99. The molecule has 1 aliphatic rings. The van der Waals surface area contributed by atoms with Crippen molar-refractivity contribution in [2.45, 2.75) is 29.3 Å². The van der Waals surface area contributed by atoms with Crippen molar-refractivity contribution in [3.63, 3.8) is 0 Å². The number of nitrogens with one attached hydrogen (secondary N) is 1. The molecular formula is C23H20FN3O2S. The number of fused-ring (bicyclic) bond motifs is 2. The van der Waals surface area contributed by atoms with E-state index < -0.39 is 0 Å². The van der Waals surface area contributed by atoms with Crippen LogP contribution in [-0.2, 0) is 11.3 Å². The number of pyridine rings is 1. The van der Waals surface area contributed by atoms with Gasteiger partial charge in [0, 0.05) is 36.2 Å². The van der Waals surface area contributed by atoms with Gasteiger partial charge in [0.1, 0.15) is 10.8 Å². The van der Waals surface area contributed by atoms with Crippen molar-refractivity contribution in [1.82, 2.24) is 10.3 Å². The van der Waals surface area contributed by atoms with E-state index in [2.05, 4.69) is 10.3 Å². The van der Waals surface area contributed by atoms with Crippen molar-refractivity contribution in [1.29, 1.82) is 0 Å². The Kier molecular flexibility index (Phi) is 6.09. The molecule has 2 heterocycles. The van der Waals surface area contributed by atoms with E-state index in [-0.39, 0.29) is 30.6 Å². The topological polar surface area (TPSA) is 62.3 Å². The number of aromatic nitrogens is 1. The first-order chi connectivity index (χ1) is 14.6. The summed E-state index contributed by atoms with van der Waals surface area (Å²) < 4.78 is 13.7. The number of anilines is 1. The number of hydrogen-bond acceptors (Lipinski definition) is 4. The van der Waals surface area contributed by atoms with Crippen molar-refractivity contribution in [3.05, 3.63) is 83.8 Å². The SMILES string of the molecule is O=C(CCCN1C(=O)c2cccnc2Sc2ccccc21)NCc1ccccc1F. The van der Waals surface area contributed by atoms with Crippen LogP contribution in [0, 0.1) is 5.82 Å². The lowest BCUT2D eigenvalue weighted by Crippen LogP contribution is -2.33. The molecule has 7 heteroatoms. The first-order valence-corrected chi connectivity index (χ1v) is 10.5. The van der Waals surface area contributed by atoms with Crippen molar-refractivity contribution >= 4 is 29.3 Å². The average molecular weight is 421 g/mol. The van der Waals surface area contributed by atoms with Gasteiger partial charge in [0.05, 0.1) is 11.3 Å². The van der Waals surface area contributed by atoms with Crippen molar-refractivity contribution in [2.75, 3.05) is 11.4 Å². The predicted octanol–water partition coefficient (Wildman–Crippen LogP) is 4.43. The van der Waals surface area contributed by atoms with Gasteiger partial charge in [-0.05, 0) is 36.8 Å². The van der Waals surface area contributed by atoms with E-state index in [1.54, 1.807) is 41.4 Å². The van der Waals surface area contributed by atoms with Gasteiger partial charge < -0.3 is 10.2 Å². The number of para-hydroxylation sites is 1. The van der Waals surface area contributed by atoms with Gasteiger partial charge in [-0.1, -0.05) is 42.1 Å². The van der Waals surface area contributed by atoms with Crippen LogP contribution >= 0.6 is 11.8 Å². The fraction of sp³-hybridized carbons (Fsp3) is 0.174. The Morgan fingerprint density at radius 1 is 1.07 bits per heavy atom. The van der Waals surface area contributed by atoms with Gasteiger partial charge in [-0.25, -0.2) is 9.37 Å². The Labute approximate surface area is 178 Å². The number of hydrogen-bond donors (Lipinski definition) is 1. The van der Waals surface area contributed by atoms with Crippen LogP contribution in [0.3, 0.4) is 0 Å². The number of amides is 2. The number of nitrogens with zero attached hydrogens (tertiary/aromatic N) is 2. The zero-order valence-electron chi connectivity index (χ0n) is 16.2. The van der Waals surface area contributed by atoms with Gasteiger partial charge in [0.15, 0.2) is 0 Å². The number of carbonyl (C=O) groups is 2. The molecule has 0 aliphatic carbocycles. The van der Waals surface area contributed by atoms with Crippen LogP contribution in [-0.4, -0.2) is 23.3 Å². The molecule has 1 aromatic heterocycles. The molecule has 1 N–H and O–H groups in total. The Balaban J connectivity index is 1.41. The molecule has 4 rings (SSSR count). The highest BCUT2D eigenvalue weighted by Gasteiger charge is 2.27. The summed E-state index contributed by atoms with van der Waals surface area (Å²) in [5.74, 6) is -0.637. The highest BCUT2D eigenvalue weighted by Crippen LogP contribution is 2.40. The number of benzene rings is 2. The first kappa shape index (κ1) is 20.1. The standard InChI is InChI=1S/C23H20FN3O2S/c24-18-9-2-1-7-16(18)15-26-21(28)12-6-14-27-19-10-3-4-11-20(19)30-22-17(23(27)29)8-5-13-25-22/h1-5,7-11,13H,6,12,14-15H2,(H,26,28). The van der Waals surface area contributed by atoms with E-state index in [0.717, 1.165) is 10.6 Å². The summed E-state index contributed by atoms with van der Waals surface area (Å²) in [6.07, 6.45) is 2.41. The smallest absolute Gasteiger partial charge is 0.261 e. The molecule has 0 saturated heterocycles. The Morgan fingerprint density at radius 2 is 1.87 bits per heavy atom. The monoisotopic (exact) mass is 421 g/mol. The second kappa shape index (κ2) is 9.09. The predicted molar refractivity (Wildman–Crippen MR) is 114 cm³/mol. The molecule has 2 amide bonds. The maximum Gasteiger partial charge on any atom is 0.261 e. The molecule has 2 aromatic carbocycles. The van der Waals surface area contributed by atoms with E-state index in [4.69, 9.17) is 0 Å². The van der Waals surface area contributed by atoms with Crippen molar-refractivity contribution < 1.29 is 14.0 Å². The van der Waals surface area contributed by atoms with Crippen LogP contribution in [0.4, 0.5) is 10.1 Å². The lowest BCUT2D eigenvalue weighted by Gasteiger charge is -2.22. The molecule has 5 nitrogen and oxygen atoms in total. The van der Waals surface area contributed by atoms with E-state index in [9.17, 15) is 14.0 Å². The van der Waals surface area contributed by atoms with E-state index in [1.165, 1.54) is 17.8 Å². The molecule has 30 heavy (non-hydrogen) atoms. The largest absolute Gasteiger partial charge is 0.352 e. The van der Waals surface area contributed by atoms with Gasteiger partial charge >= 0.3 is 0 Å². The van der Waals surface area contributed by atoms with Crippen LogP contribution in [0.1, 0.15) is 28.8 Å². The molecule has 1 aliphatic heterocycles. The fourth-order valence-corrected chi connectivity index (χ4v) is 4.32. The van der Waals surface area contributed by atoms with Crippen LogP contribution in [0.15, 0.2) is 76.8 Å². The second-order valence-corrected chi connectivity index (χ2v) is 7.89. The quantitative estimate of drug-likeness (QED) is 0.640.